The van der Waals surface area contributed by atoms with Crippen molar-refractivity contribution in [3.8, 4) is 11.5 Å². The Morgan fingerprint density at radius 2 is 1.80 bits per heavy atom. The molecule has 1 aliphatic rings. The molecule has 0 fully saturated rings. The van der Waals surface area contributed by atoms with Crippen molar-refractivity contribution in [1.82, 2.24) is 9.88 Å². The normalized spacial score (nSPS) is 13.1. The molecule has 3 aromatic carbocycles. The smallest absolute Gasteiger partial charge is 0.257 e. The van der Waals surface area contributed by atoms with E-state index in [0.717, 1.165) is 15.2 Å². The van der Waals surface area contributed by atoms with Crippen LogP contribution < -0.4 is 20.1 Å². The number of ether oxygens (including phenoxy) is 2. The largest absolute Gasteiger partial charge is 0.454 e. The van der Waals surface area contributed by atoms with Crippen LogP contribution in [-0.4, -0.2) is 42.1 Å². The number of nitrogens with one attached hydrogen (secondary N) is 2. The molecule has 1 atom stereocenters. The number of carbonyl (C=O) groups is 2. The minimum Gasteiger partial charge on any atom is -0.454 e. The standard InChI is InChI=1S/C26H24N4O4S/c1-16(26-29-20-9-5-6-10-23(20)35-26)30(2)14-24(31)28-19-8-4-3-7-18(19)25(32)27-17-11-12-21-22(13-17)34-15-33-21/h3-13,16H,14-15H2,1-2H3,(H,27,32)(H,28,31). The lowest BCUT2D eigenvalue weighted by molar-refractivity contribution is -0.117. The van der Waals surface area contributed by atoms with Crippen molar-refractivity contribution >= 4 is 44.7 Å². The highest BCUT2D eigenvalue weighted by atomic mass is 32.1. The van der Waals surface area contributed by atoms with Crippen LogP contribution in [0.25, 0.3) is 10.2 Å². The summed E-state index contributed by atoms with van der Waals surface area (Å²) in [5.41, 5.74) is 2.33. The Morgan fingerprint density at radius 3 is 2.66 bits per heavy atom. The molecule has 0 aliphatic carbocycles. The number of nitrogens with zero attached hydrogens (tertiary/aromatic N) is 2. The average molecular weight is 489 g/mol. The molecule has 1 aromatic heterocycles. The van der Waals surface area contributed by atoms with Crippen LogP contribution in [0.2, 0.25) is 0 Å². The Morgan fingerprint density at radius 1 is 1.03 bits per heavy atom. The molecule has 0 saturated heterocycles. The number of fused-ring (bicyclic) bond motifs is 2. The second-order valence-electron chi connectivity index (χ2n) is 8.23. The van der Waals surface area contributed by atoms with Crippen molar-refractivity contribution in [2.24, 2.45) is 0 Å². The van der Waals surface area contributed by atoms with Crippen LogP contribution in [0.3, 0.4) is 0 Å². The number of hydrogen-bond donors (Lipinski definition) is 2. The summed E-state index contributed by atoms with van der Waals surface area (Å²) in [6, 6.07) is 20.1. The predicted octanol–water partition coefficient (Wildman–Crippen LogP) is 4.91. The maximum atomic E-state index is 13.0. The maximum Gasteiger partial charge on any atom is 0.257 e. The van der Waals surface area contributed by atoms with Gasteiger partial charge in [0.15, 0.2) is 11.5 Å². The lowest BCUT2D eigenvalue weighted by Gasteiger charge is -2.22. The molecule has 2 heterocycles. The van der Waals surface area contributed by atoms with Gasteiger partial charge in [0, 0.05) is 11.8 Å². The number of carbonyl (C=O) groups excluding carboxylic acids is 2. The molecule has 1 unspecified atom stereocenters. The molecule has 2 N–H and O–H groups in total. The SMILES string of the molecule is CC(c1nc2ccccc2s1)N(C)CC(=O)Nc1ccccc1C(=O)Nc1ccc2c(c1)OCO2. The molecule has 5 rings (SSSR count). The molecule has 2 amide bonds. The van der Waals surface area contributed by atoms with E-state index in [2.05, 4.69) is 10.6 Å². The van der Waals surface area contributed by atoms with Crippen molar-refractivity contribution in [2.45, 2.75) is 13.0 Å². The minimum absolute atomic E-state index is 0.0392. The molecule has 178 valence electrons. The number of anilines is 2. The third kappa shape index (κ3) is 4.96. The fraction of sp³-hybridized carbons (Fsp3) is 0.192. The third-order valence-corrected chi connectivity index (χ3v) is 7.00. The van der Waals surface area contributed by atoms with Crippen LogP contribution in [0.4, 0.5) is 11.4 Å². The van der Waals surface area contributed by atoms with Gasteiger partial charge in [0.1, 0.15) is 5.01 Å². The number of benzene rings is 3. The first-order valence-corrected chi connectivity index (χ1v) is 11.9. The summed E-state index contributed by atoms with van der Waals surface area (Å²) in [7, 11) is 1.88. The fourth-order valence-electron chi connectivity index (χ4n) is 3.77. The predicted molar refractivity (Wildman–Crippen MR) is 136 cm³/mol. The summed E-state index contributed by atoms with van der Waals surface area (Å²) >= 11 is 1.63. The van der Waals surface area contributed by atoms with Crippen LogP contribution in [0, 0.1) is 0 Å². The Kier molecular flexibility index (Phi) is 6.35. The highest BCUT2D eigenvalue weighted by molar-refractivity contribution is 7.18. The third-order valence-electron chi connectivity index (χ3n) is 5.80. The highest BCUT2D eigenvalue weighted by Crippen LogP contribution is 2.34. The second-order valence-corrected chi connectivity index (χ2v) is 9.29. The quantitative estimate of drug-likeness (QED) is 0.384. The molecule has 35 heavy (non-hydrogen) atoms. The number of thiazole rings is 1. The van der Waals surface area contributed by atoms with Gasteiger partial charge in [-0.05, 0) is 50.4 Å². The summed E-state index contributed by atoms with van der Waals surface area (Å²) in [6.07, 6.45) is 0. The second kappa shape index (κ2) is 9.73. The molecule has 0 spiro atoms. The van der Waals surface area contributed by atoms with E-state index in [1.54, 1.807) is 53.8 Å². The van der Waals surface area contributed by atoms with E-state index in [4.69, 9.17) is 14.5 Å². The lowest BCUT2D eigenvalue weighted by Crippen LogP contribution is -2.32. The summed E-state index contributed by atoms with van der Waals surface area (Å²) in [5.74, 6) is 0.661. The first-order valence-electron chi connectivity index (χ1n) is 11.1. The van der Waals surface area contributed by atoms with Crippen LogP contribution in [-0.2, 0) is 4.79 Å². The van der Waals surface area contributed by atoms with Crippen molar-refractivity contribution in [3.63, 3.8) is 0 Å². The van der Waals surface area contributed by atoms with Crippen LogP contribution >= 0.6 is 11.3 Å². The van der Waals surface area contributed by atoms with Crippen LogP contribution in [0.15, 0.2) is 66.7 Å². The summed E-state index contributed by atoms with van der Waals surface area (Å²) in [5, 5.41) is 6.68. The molecular formula is C26H24N4O4S. The van der Waals surface area contributed by atoms with Gasteiger partial charge in [0.25, 0.3) is 5.91 Å². The van der Waals surface area contributed by atoms with E-state index in [1.165, 1.54) is 0 Å². The number of rotatable bonds is 7. The summed E-state index contributed by atoms with van der Waals surface area (Å²) in [4.78, 5) is 32.5. The fourth-order valence-corrected chi connectivity index (χ4v) is 4.86. The van der Waals surface area contributed by atoms with E-state index >= 15 is 0 Å². The van der Waals surface area contributed by atoms with Crippen LogP contribution in [0.5, 0.6) is 11.5 Å². The molecule has 0 saturated carbocycles. The van der Waals surface area contributed by atoms with Gasteiger partial charge >= 0.3 is 0 Å². The van der Waals surface area contributed by atoms with Crippen LogP contribution in [0.1, 0.15) is 28.3 Å². The Hall–Kier alpha value is -3.95. The van der Waals surface area contributed by atoms with Gasteiger partial charge in [0.2, 0.25) is 12.7 Å². The molecule has 8 nitrogen and oxygen atoms in total. The molecule has 0 bridgehead atoms. The topological polar surface area (TPSA) is 92.8 Å². The van der Waals surface area contributed by atoms with Gasteiger partial charge in [-0.2, -0.15) is 0 Å². The van der Waals surface area contributed by atoms with Crippen molar-refractivity contribution in [3.05, 3.63) is 77.3 Å². The Bertz CT molecular complexity index is 1370. The van der Waals surface area contributed by atoms with Crippen molar-refractivity contribution in [2.75, 3.05) is 31.0 Å². The van der Waals surface area contributed by atoms with E-state index in [9.17, 15) is 9.59 Å². The zero-order valence-electron chi connectivity index (χ0n) is 19.3. The van der Waals surface area contributed by atoms with Gasteiger partial charge in [-0.25, -0.2) is 4.98 Å². The lowest BCUT2D eigenvalue weighted by atomic mass is 10.1. The Labute approximate surface area is 206 Å². The van der Waals surface area contributed by atoms with Gasteiger partial charge in [-0.3, -0.25) is 14.5 Å². The molecule has 1 aliphatic heterocycles. The van der Waals surface area contributed by atoms with Gasteiger partial charge < -0.3 is 20.1 Å². The zero-order valence-corrected chi connectivity index (χ0v) is 20.1. The summed E-state index contributed by atoms with van der Waals surface area (Å²) in [6.45, 7) is 2.33. The number of hydrogen-bond acceptors (Lipinski definition) is 7. The first kappa shape index (κ1) is 22.8. The molecule has 0 radical (unpaired) electrons. The van der Waals surface area contributed by atoms with E-state index in [1.807, 2.05) is 43.1 Å². The Balaban J connectivity index is 1.24. The monoisotopic (exact) mass is 488 g/mol. The number of para-hydroxylation sites is 2. The van der Waals surface area contributed by atoms with Crippen molar-refractivity contribution in [1.29, 1.82) is 0 Å². The number of amides is 2. The van der Waals surface area contributed by atoms with E-state index in [-0.39, 0.29) is 31.2 Å². The summed E-state index contributed by atoms with van der Waals surface area (Å²) < 4.78 is 11.8. The van der Waals surface area contributed by atoms with Gasteiger partial charge in [-0.1, -0.05) is 24.3 Å². The van der Waals surface area contributed by atoms with Gasteiger partial charge in [-0.15, -0.1) is 11.3 Å². The van der Waals surface area contributed by atoms with Crippen molar-refractivity contribution < 1.29 is 19.1 Å². The molecule has 4 aromatic rings. The average Bonchev–Trinajstić information content (AvgIpc) is 3.50. The maximum absolute atomic E-state index is 13.0. The number of aromatic nitrogens is 1. The molecular weight excluding hydrogens is 464 g/mol. The highest BCUT2D eigenvalue weighted by Gasteiger charge is 2.20. The first-order chi connectivity index (χ1) is 17.0. The number of likely N-dealkylation sites (N-methyl/N-ethyl adjacent to an activating group) is 1. The van der Waals surface area contributed by atoms with Gasteiger partial charge in [0.05, 0.1) is 34.1 Å². The van der Waals surface area contributed by atoms with E-state index in [0.29, 0.717) is 28.4 Å². The zero-order chi connectivity index (χ0) is 24.4. The van der Waals surface area contributed by atoms with E-state index < -0.39 is 0 Å². The molecule has 9 heteroatoms. The minimum atomic E-state index is -0.337.